The topological polar surface area (TPSA) is 32.3 Å². The Kier molecular flexibility index (Phi) is 5.13. The van der Waals surface area contributed by atoms with E-state index in [1.165, 1.54) is 0 Å². The summed E-state index contributed by atoms with van der Waals surface area (Å²) in [5.74, 6) is 0.161. The zero-order valence-electron chi connectivity index (χ0n) is 10.3. The van der Waals surface area contributed by atoms with Gasteiger partial charge in [-0.25, -0.2) is 0 Å². The Morgan fingerprint density at radius 3 is 2.29 bits per heavy atom. The first-order valence-corrected chi connectivity index (χ1v) is 5.28. The Bertz CT molecular complexity index is 184. The summed E-state index contributed by atoms with van der Waals surface area (Å²) in [5, 5.41) is 3.19. The quantitative estimate of drug-likeness (QED) is 0.748. The van der Waals surface area contributed by atoms with Crippen LogP contribution in [0.5, 0.6) is 0 Å². The van der Waals surface area contributed by atoms with Crippen molar-refractivity contribution in [3.8, 4) is 0 Å². The van der Waals surface area contributed by atoms with Crippen molar-refractivity contribution in [2.75, 3.05) is 13.6 Å². The van der Waals surface area contributed by atoms with Crippen molar-refractivity contribution in [2.24, 2.45) is 0 Å². The van der Waals surface area contributed by atoms with E-state index in [0.29, 0.717) is 12.6 Å². The maximum absolute atomic E-state index is 11.7. The second-order valence-electron chi connectivity index (χ2n) is 4.87. The molecule has 0 saturated carbocycles. The van der Waals surface area contributed by atoms with Crippen LogP contribution in [0.15, 0.2) is 0 Å². The van der Waals surface area contributed by atoms with Crippen LogP contribution in [0.3, 0.4) is 0 Å². The molecule has 1 N–H and O–H groups in total. The van der Waals surface area contributed by atoms with Crippen LogP contribution in [0.2, 0.25) is 0 Å². The average Bonchev–Trinajstić information content (AvgIpc) is 2.10. The standard InChI is InChI=1S/C11H24N2O/c1-7-9(2)13(6)10(14)8-12-11(3,4)5/h9,12H,7-8H2,1-6H3. The van der Waals surface area contributed by atoms with Gasteiger partial charge < -0.3 is 10.2 Å². The molecule has 0 bridgehead atoms. The maximum Gasteiger partial charge on any atom is 0.236 e. The Balaban J connectivity index is 3.97. The van der Waals surface area contributed by atoms with Crippen molar-refractivity contribution in [1.29, 1.82) is 0 Å². The zero-order valence-corrected chi connectivity index (χ0v) is 10.3. The fourth-order valence-corrected chi connectivity index (χ4v) is 0.985. The van der Waals surface area contributed by atoms with Gasteiger partial charge in [0, 0.05) is 18.6 Å². The molecule has 1 amide bonds. The van der Waals surface area contributed by atoms with Crippen molar-refractivity contribution >= 4 is 5.91 Å². The van der Waals surface area contributed by atoms with Crippen molar-refractivity contribution in [3.63, 3.8) is 0 Å². The molecule has 0 radical (unpaired) electrons. The van der Waals surface area contributed by atoms with Gasteiger partial charge in [-0.05, 0) is 34.1 Å². The predicted octanol–water partition coefficient (Wildman–Crippen LogP) is 1.63. The summed E-state index contributed by atoms with van der Waals surface area (Å²) in [6, 6.07) is 0.323. The van der Waals surface area contributed by atoms with Gasteiger partial charge in [-0.2, -0.15) is 0 Å². The molecule has 0 rings (SSSR count). The molecule has 0 fully saturated rings. The van der Waals surface area contributed by atoms with Crippen molar-refractivity contribution < 1.29 is 4.79 Å². The first kappa shape index (κ1) is 13.4. The molecule has 0 spiro atoms. The molecule has 3 heteroatoms. The molecule has 3 nitrogen and oxygen atoms in total. The monoisotopic (exact) mass is 200 g/mol. The average molecular weight is 200 g/mol. The highest BCUT2D eigenvalue weighted by Gasteiger charge is 2.16. The fourth-order valence-electron chi connectivity index (χ4n) is 0.985. The van der Waals surface area contributed by atoms with Crippen molar-refractivity contribution in [3.05, 3.63) is 0 Å². The van der Waals surface area contributed by atoms with E-state index < -0.39 is 0 Å². The normalized spacial score (nSPS) is 13.9. The van der Waals surface area contributed by atoms with E-state index in [1.54, 1.807) is 4.90 Å². The van der Waals surface area contributed by atoms with Gasteiger partial charge in [-0.15, -0.1) is 0 Å². The molecular weight excluding hydrogens is 176 g/mol. The Hall–Kier alpha value is -0.570. The minimum atomic E-state index is 0.00591. The van der Waals surface area contributed by atoms with E-state index in [4.69, 9.17) is 0 Å². The third kappa shape index (κ3) is 5.22. The molecule has 14 heavy (non-hydrogen) atoms. The molecule has 0 aliphatic carbocycles. The Labute approximate surface area is 87.9 Å². The van der Waals surface area contributed by atoms with Crippen LogP contribution < -0.4 is 5.32 Å². The summed E-state index contributed by atoms with van der Waals surface area (Å²) in [6.07, 6.45) is 0.998. The number of hydrogen-bond acceptors (Lipinski definition) is 2. The first-order chi connectivity index (χ1) is 6.28. The highest BCUT2D eigenvalue weighted by atomic mass is 16.2. The van der Waals surface area contributed by atoms with E-state index >= 15 is 0 Å². The molecule has 0 saturated heterocycles. The smallest absolute Gasteiger partial charge is 0.236 e. The molecule has 84 valence electrons. The van der Waals surface area contributed by atoms with Gasteiger partial charge in [0.05, 0.1) is 6.54 Å². The molecule has 0 aliphatic rings. The van der Waals surface area contributed by atoms with Crippen LogP contribution in [-0.2, 0) is 4.79 Å². The number of hydrogen-bond donors (Lipinski definition) is 1. The molecule has 1 atom stereocenters. The van der Waals surface area contributed by atoms with E-state index in [-0.39, 0.29) is 11.4 Å². The molecule has 0 aliphatic heterocycles. The van der Waals surface area contributed by atoms with Gasteiger partial charge in [-0.1, -0.05) is 6.92 Å². The molecule has 1 unspecified atom stereocenters. The number of carbonyl (C=O) groups is 1. The lowest BCUT2D eigenvalue weighted by molar-refractivity contribution is -0.131. The van der Waals surface area contributed by atoms with Crippen LogP contribution in [-0.4, -0.2) is 36.0 Å². The summed E-state index contributed by atoms with van der Waals surface area (Å²) < 4.78 is 0. The lowest BCUT2D eigenvalue weighted by Gasteiger charge is -2.26. The van der Waals surface area contributed by atoms with Crippen LogP contribution in [0.25, 0.3) is 0 Å². The second-order valence-corrected chi connectivity index (χ2v) is 4.87. The van der Waals surface area contributed by atoms with Gasteiger partial charge in [0.1, 0.15) is 0 Å². The summed E-state index contributed by atoms with van der Waals surface area (Å²) in [7, 11) is 1.86. The summed E-state index contributed by atoms with van der Waals surface area (Å²) in [4.78, 5) is 13.5. The first-order valence-electron chi connectivity index (χ1n) is 5.28. The van der Waals surface area contributed by atoms with Crippen LogP contribution in [0.4, 0.5) is 0 Å². The van der Waals surface area contributed by atoms with Crippen molar-refractivity contribution in [1.82, 2.24) is 10.2 Å². The zero-order chi connectivity index (χ0) is 11.4. The van der Waals surface area contributed by atoms with Crippen LogP contribution >= 0.6 is 0 Å². The van der Waals surface area contributed by atoms with E-state index in [9.17, 15) is 4.79 Å². The SMILES string of the molecule is CCC(C)N(C)C(=O)CNC(C)(C)C. The Morgan fingerprint density at radius 2 is 1.93 bits per heavy atom. The summed E-state index contributed by atoms with van der Waals surface area (Å²) in [5.41, 5.74) is 0.00591. The number of likely N-dealkylation sites (N-methyl/N-ethyl adjacent to an activating group) is 1. The van der Waals surface area contributed by atoms with E-state index in [2.05, 4.69) is 39.9 Å². The number of carbonyl (C=O) groups excluding carboxylic acids is 1. The van der Waals surface area contributed by atoms with E-state index in [1.807, 2.05) is 7.05 Å². The minimum Gasteiger partial charge on any atom is -0.342 e. The maximum atomic E-state index is 11.7. The lowest BCUT2D eigenvalue weighted by atomic mass is 10.1. The highest BCUT2D eigenvalue weighted by Crippen LogP contribution is 2.02. The minimum absolute atomic E-state index is 0.00591. The van der Waals surface area contributed by atoms with Gasteiger partial charge in [0.2, 0.25) is 5.91 Å². The number of amides is 1. The van der Waals surface area contributed by atoms with Crippen LogP contribution in [0.1, 0.15) is 41.0 Å². The number of nitrogens with one attached hydrogen (secondary N) is 1. The second kappa shape index (κ2) is 5.35. The molecular formula is C11H24N2O. The van der Waals surface area contributed by atoms with Crippen LogP contribution in [0, 0.1) is 0 Å². The highest BCUT2D eigenvalue weighted by molar-refractivity contribution is 5.78. The lowest BCUT2D eigenvalue weighted by Crippen LogP contribution is -2.45. The summed E-state index contributed by atoms with van der Waals surface area (Å²) >= 11 is 0. The molecule has 0 aromatic rings. The third-order valence-electron chi connectivity index (χ3n) is 2.42. The van der Waals surface area contributed by atoms with Gasteiger partial charge in [0.25, 0.3) is 0 Å². The fraction of sp³-hybridized carbons (Fsp3) is 0.909. The predicted molar refractivity (Wildman–Crippen MR) is 60.3 cm³/mol. The largest absolute Gasteiger partial charge is 0.342 e. The third-order valence-corrected chi connectivity index (χ3v) is 2.42. The molecule has 0 heterocycles. The number of rotatable bonds is 4. The van der Waals surface area contributed by atoms with Gasteiger partial charge in [-0.3, -0.25) is 4.79 Å². The summed E-state index contributed by atoms with van der Waals surface area (Å²) in [6.45, 7) is 10.8. The van der Waals surface area contributed by atoms with Crippen molar-refractivity contribution in [2.45, 2.75) is 52.6 Å². The number of nitrogens with zero attached hydrogens (tertiary/aromatic N) is 1. The molecule has 0 aromatic carbocycles. The van der Waals surface area contributed by atoms with Gasteiger partial charge >= 0.3 is 0 Å². The molecule has 0 aromatic heterocycles. The van der Waals surface area contributed by atoms with Gasteiger partial charge in [0.15, 0.2) is 0 Å². The Morgan fingerprint density at radius 1 is 1.43 bits per heavy atom. The van der Waals surface area contributed by atoms with E-state index in [0.717, 1.165) is 6.42 Å².